The molecule has 2 aromatic heterocycles. The molecule has 2 heterocycles. The largest absolute Gasteiger partial charge is 0.497 e. The van der Waals surface area contributed by atoms with Crippen molar-refractivity contribution in [3.63, 3.8) is 0 Å². The molecule has 0 atom stereocenters. The minimum atomic E-state index is -0.590. The number of ether oxygens (including phenoxy) is 3. The maximum absolute atomic E-state index is 12.4. The van der Waals surface area contributed by atoms with Gasteiger partial charge in [-0.3, -0.25) is 4.98 Å². The molecule has 0 unspecified atom stereocenters. The molecule has 0 amide bonds. The van der Waals surface area contributed by atoms with Crippen LogP contribution < -0.4 is 9.47 Å². The predicted molar refractivity (Wildman–Crippen MR) is 110 cm³/mol. The molecular formula is C22H20N4O4. The Morgan fingerprint density at radius 1 is 1.07 bits per heavy atom. The average Bonchev–Trinajstić information content (AvgIpc) is 3.16. The molecule has 4 aromatic rings. The van der Waals surface area contributed by atoms with Gasteiger partial charge in [-0.05, 0) is 42.8 Å². The molecule has 8 heteroatoms. The third-order valence-electron chi connectivity index (χ3n) is 4.44. The molecule has 0 bridgehead atoms. The lowest BCUT2D eigenvalue weighted by Crippen LogP contribution is -2.09. The quantitative estimate of drug-likeness (QED) is 0.432. The fraction of sp³-hybridized carbons (Fsp3) is 0.182. The van der Waals surface area contributed by atoms with E-state index in [0.717, 1.165) is 22.2 Å². The molecule has 0 aliphatic carbocycles. The Balaban J connectivity index is 1.68. The fourth-order valence-corrected chi connectivity index (χ4v) is 2.96. The molecule has 0 spiro atoms. The summed E-state index contributed by atoms with van der Waals surface area (Å²) in [5, 5.41) is 9.09. The Morgan fingerprint density at radius 2 is 1.87 bits per heavy atom. The van der Waals surface area contributed by atoms with E-state index in [2.05, 4.69) is 15.3 Å². The number of hydrogen-bond acceptors (Lipinski definition) is 7. The number of methoxy groups -OCH3 is 1. The minimum absolute atomic E-state index is 0.0199. The van der Waals surface area contributed by atoms with Crippen LogP contribution in [-0.4, -0.2) is 39.7 Å². The van der Waals surface area contributed by atoms with Gasteiger partial charge in [0, 0.05) is 17.6 Å². The summed E-state index contributed by atoms with van der Waals surface area (Å²) in [6, 6.07) is 16.9. The standard InChI is InChI=1S/C22H20N4O4/c1-3-29-22(27)20-21(30-18-11-8-16-5-4-12-23-19(16)13-18)26(25-24-20)14-15-6-9-17(28-2)10-7-15/h4-13H,3,14H2,1-2H3. The monoisotopic (exact) mass is 404 g/mol. The van der Waals surface area contributed by atoms with Crippen molar-refractivity contribution < 1.29 is 19.0 Å². The first kappa shape index (κ1) is 19.4. The molecule has 0 radical (unpaired) electrons. The number of carbonyl (C=O) groups is 1. The van der Waals surface area contributed by atoms with E-state index in [9.17, 15) is 4.79 Å². The molecule has 0 saturated heterocycles. The molecule has 0 aliphatic heterocycles. The topological polar surface area (TPSA) is 88.4 Å². The van der Waals surface area contributed by atoms with Gasteiger partial charge in [0.1, 0.15) is 11.5 Å². The third-order valence-corrected chi connectivity index (χ3v) is 4.44. The van der Waals surface area contributed by atoms with E-state index >= 15 is 0 Å². The van der Waals surface area contributed by atoms with Gasteiger partial charge in [0.25, 0.3) is 5.88 Å². The lowest BCUT2D eigenvalue weighted by atomic mass is 10.2. The van der Waals surface area contributed by atoms with Gasteiger partial charge in [0.2, 0.25) is 5.69 Å². The number of rotatable bonds is 7. The lowest BCUT2D eigenvalue weighted by Gasteiger charge is -2.10. The van der Waals surface area contributed by atoms with Gasteiger partial charge in [-0.15, -0.1) is 5.10 Å². The van der Waals surface area contributed by atoms with Crippen molar-refractivity contribution in [2.45, 2.75) is 13.5 Å². The average molecular weight is 404 g/mol. The van der Waals surface area contributed by atoms with Crippen molar-refractivity contribution in [3.05, 3.63) is 72.1 Å². The van der Waals surface area contributed by atoms with E-state index in [1.165, 1.54) is 4.68 Å². The normalized spacial score (nSPS) is 10.7. The van der Waals surface area contributed by atoms with Crippen LogP contribution in [0.25, 0.3) is 10.9 Å². The summed E-state index contributed by atoms with van der Waals surface area (Å²) >= 11 is 0. The number of hydrogen-bond donors (Lipinski definition) is 0. The van der Waals surface area contributed by atoms with Crippen molar-refractivity contribution >= 4 is 16.9 Å². The zero-order valence-electron chi connectivity index (χ0n) is 16.6. The maximum Gasteiger partial charge on any atom is 0.364 e. The van der Waals surface area contributed by atoms with E-state index in [1.807, 2.05) is 48.5 Å². The van der Waals surface area contributed by atoms with Crippen molar-refractivity contribution in [3.8, 4) is 17.4 Å². The minimum Gasteiger partial charge on any atom is -0.497 e. The van der Waals surface area contributed by atoms with E-state index < -0.39 is 5.97 Å². The molecule has 2 aromatic carbocycles. The summed E-state index contributed by atoms with van der Waals surface area (Å²) in [6.07, 6.45) is 1.71. The molecule has 0 saturated carbocycles. The molecule has 8 nitrogen and oxygen atoms in total. The Bertz CT molecular complexity index is 1170. The molecule has 30 heavy (non-hydrogen) atoms. The number of nitrogens with zero attached hydrogens (tertiary/aromatic N) is 4. The second kappa shape index (κ2) is 8.60. The molecule has 0 fully saturated rings. The molecule has 4 rings (SSSR count). The smallest absolute Gasteiger partial charge is 0.364 e. The number of benzene rings is 2. The van der Waals surface area contributed by atoms with E-state index in [1.54, 1.807) is 26.3 Å². The van der Waals surface area contributed by atoms with E-state index in [4.69, 9.17) is 14.2 Å². The fourth-order valence-electron chi connectivity index (χ4n) is 2.96. The van der Waals surface area contributed by atoms with Gasteiger partial charge in [-0.1, -0.05) is 23.4 Å². The number of fused-ring (bicyclic) bond motifs is 1. The third kappa shape index (κ3) is 4.07. The summed E-state index contributed by atoms with van der Waals surface area (Å²) in [4.78, 5) is 16.7. The van der Waals surface area contributed by atoms with Gasteiger partial charge in [-0.25, -0.2) is 9.48 Å². The number of carbonyl (C=O) groups excluding carboxylic acids is 1. The van der Waals surface area contributed by atoms with Gasteiger partial charge >= 0.3 is 5.97 Å². The molecule has 0 N–H and O–H groups in total. The summed E-state index contributed by atoms with van der Waals surface area (Å²) in [6.45, 7) is 2.32. The summed E-state index contributed by atoms with van der Waals surface area (Å²) in [5.41, 5.74) is 1.74. The Labute approximate surface area is 173 Å². The van der Waals surface area contributed by atoms with Crippen LogP contribution in [0, 0.1) is 0 Å². The molecule has 0 aliphatic rings. The van der Waals surface area contributed by atoms with Crippen LogP contribution in [0.15, 0.2) is 60.8 Å². The Kier molecular flexibility index (Phi) is 5.56. The van der Waals surface area contributed by atoms with Gasteiger partial charge in [0.05, 0.1) is 25.8 Å². The highest BCUT2D eigenvalue weighted by atomic mass is 16.5. The number of pyridine rings is 1. The SMILES string of the molecule is CCOC(=O)c1nnn(Cc2ccc(OC)cc2)c1Oc1ccc2cccnc2c1. The number of aromatic nitrogens is 4. The van der Waals surface area contributed by atoms with Crippen LogP contribution in [0.5, 0.6) is 17.4 Å². The molecule has 152 valence electrons. The van der Waals surface area contributed by atoms with Crippen LogP contribution in [0.4, 0.5) is 0 Å². The van der Waals surface area contributed by atoms with Crippen LogP contribution >= 0.6 is 0 Å². The van der Waals surface area contributed by atoms with Crippen LogP contribution in [-0.2, 0) is 11.3 Å². The van der Waals surface area contributed by atoms with Gasteiger partial charge < -0.3 is 14.2 Å². The molecular weight excluding hydrogens is 384 g/mol. The zero-order valence-corrected chi connectivity index (χ0v) is 16.6. The van der Waals surface area contributed by atoms with Crippen molar-refractivity contribution in [2.75, 3.05) is 13.7 Å². The van der Waals surface area contributed by atoms with Gasteiger partial charge in [-0.2, -0.15) is 0 Å². The number of esters is 1. The Hall–Kier alpha value is -3.94. The maximum atomic E-state index is 12.4. The first-order chi connectivity index (χ1) is 14.7. The predicted octanol–water partition coefficient (Wildman–Crippen LogP) is 3.85. The van der Waals surface area contributed by atoms with Crippen molar-refractivity contribution in [1.82, 2.24) is 20.0 Å². The highest BCUT2D eigenvalue weighted by molar-refractivity contribution is 5.89. The van der Waals surface area contributed by atoms with Gasteiger partial charge in [0.15, 0.2) is 0 Å². The van der Waals surface area contributed by atoms with Crippen LogP contribution in [0.1, 0.15) is 23.0 Å². The Morgan fingerprint density at radius 3 is 2.63 bits per heavy atom. The van der Waals surface area contributed by atoms with Crippen LogP contribution in [0.2, 0.25) is 0 Å². The zero-order chi connectivity index (χ0) is 20.9. The van der Waals surface area contributed by atoms with E-state index in [0.29, 0.717) is 12.3 Å². The van der Waals surface area contributed by atoms with E-state index in [-0.39, 0.29) is 18.2 Å². The second-order valence-electron chi connectivity index (χ2n) is 6.43. The second-order valence-corrected chi connectivity index (χ2v) is 6.43. The van der Waals surface area contributed by atoms with Crippen molar-refractivity contribution in [1.29, 1.82) is 0 Å². The highest BCUT2D eigenvalue weighted by Crippen LogP contribution is 2.28. The lowest BCUT2D eigenvalue weighted by molar-refractivity contribution is 0.0516. The van der Waals surface area contributed by atoms with Crippen LogP contribution in [0.3, 0.4) is 0 Å². The highest BCUT2D eigenvalue weighted by Gasteiger charge is 2.23. The first-order valence-electron chi connectivity index (χ1n) is 9.44. The summed E-state index contributed by atoms with van der Waals surface area (Å²) < 4.78 is 17.9. The summed E-state index contributed by atoms with van der Waals surface area (Å²) in [7, 11) is 1.61. The summed E-state index contributed by atoms with van der Waals surface area (Å²) in [5.74, 6) is 0.890. The van der Waals surface area contributed by atoms with Crippen molar-refractivity contribution in [2.24, 2.45) is 0 Å². The first-order valence-corrected chi connectivity index (χ1v) is 9.44.